The van der Waals surface area contributed by atoms with Crippen molar-refractivity contribution in [3.05, 3.63) is 102 Å². The zero-order chi connectivity index (χ0) is 19.2. The predicted molar refractivity (Wildman–Crippen MR) is 115 cm³/mol. The number of benzene rings is 3. The molecule has 3 aromatic carbocycles. The lowest BCUT2D eigenvalue weighted by atomic mass is 10.1. The van der Waals surface area contributed by atoms with Crippen LogP contribution >= 0.6 is 11.8 Å². The fourth-order valence-corrected chi connectivity index (χ4v) is 3.99. The van der Waals surface area contributed by atoms with Crippen molar-refractivity contribution in [1.82, 2.24) is 9.97 Å². The van der Waals surface area contributed by atoms with Gasteiger partial charge in [0.25, 0.3) is 0 Å². The smallest absolute Gasteiger partial charge is 0.173 e. The molecule has 0 amide bonds. The number of hydrogen-bond donors (Lipinski definition) is 0. The highest BCUT2D eigenvalue weighted by Gasteiger charge is 2.12. The van der Waals surface area contributed by atoms with Crippen molar-refractivity contribution in [2.45, 2.75) is 17.9 Å². The van der Waals surface area contributed by atoms with Crippen LogP contribution in [0.1, 0.15) is 21.7 Å². The van der Waals surface area contributed by atoms with Crippen LogP contribution in [0.3, 0.4) is 0 Å². The fraction of sp³-hybridized carbons (Fsp3) is 0.125. The van der Waals surface area contributed by atoms with Gasteiger partial charge in [0.05, 0.1) is 11.3 Å². The number of hydrogen-bond acceptors (Lipinski definition) is 4. The van der Waals surface area contributed by atoms with Gasteiger partial charge < -0.3 is 0 Å². The Bertz CT molecular complexity index is 1080. The minimum absolute atomic E-state index is 0.110. The molecule has 4 rings (SSSR count). The molecule has 28 heavy (non-hydrogen) atoms. The summed E-state index contributed by atoms with van der Waals surface area (Å²) >= 11 is 1.49. The minimum Gasteiger partial charge on any atom is -0.293 e. The molecule has 0 spiro atoms. The number of Topliss-reactive ketones (excluding diaryl/α,β-unsaturated/α-hetero) is 1. The molecule has 1 aromatic heterocycles. The van der Waals surface area contributed by atoms with Crippen LogP contribution in [0.2, 0.25) is 0 Å². The normalized spacial score (nSPS) is 10.9. The third kappa shape index (κ3) is 4.46. The molecular weight excluding hydrogens is 364 g/mol. The first kappa shape index (κ1) is 18.4. The second kappa shape index (κ2) is 8.81. The quantitative estimate of drug-likeness (QED) is 0.243. The molecule has 0 atom stereocenters. The Labute approximate surface area is 168 Å². The Morgan fingerprint density at radius 2 is 1.43 bits per heavy atom. The van der Waals surface area contributed by atoms with Crippen molar-refractivity contribution < 1.29 is 4.79 Å². The molecule has 0 fully saturated rings. The Morgan fingerprint density at radius 1 is 0.750 bits per heavy atom. The van der Waals surface area contributed by atoms with Crippen LogP contribution in [0, 0.1) is 0 Å². The summed E-state index contributed by atoms with van der Waals surface area (Å²) in [5.74, 6) is 1.29. The molecule has 0 saturated heterocycles. The van der Waals surface area contributed by atoms with Gasteiger partial charge in [0.2, 0.25) is 0 Å². The van der Waals surface area contributed by atoms with Gasteiger partial charge in [-0.15, -0.1) is 0 Å². The van der Waals surface area contributed by atoms with E-state index in [9.17, 15) is 4.79 Å². The van der Waals surface area contributed by atoms with E-state index in [4.69, 9.17) is 9.97 Å². The maximum atomic E-state index is 12.5. The molecule has 0 aliphatic carbocycles. The molecule has 0 saturated carbocycles. The van der Waals surface area contributed by atoms with E-state index in [1.807, 2.05) is 72.8 Å². The van der Waals surface area contributed by atoms with E-state index in [-0.39, 0.29) is 5.78 Å². The number of nitrogens with zero attached hydrogens (tertiary/aromatic N) is 2. The van der Waals surface area contributed by atoms with Gasteiger partial charge in [0.1, 0.15) is 10.9 Å². The third-order valence-electron chi connectivity index (χ3n) is 4.53. The highest BCUT2D eigenvalue weighted by Crippen LogP contribution is 2.26. The molecule has 0 N–H and O–H groups in total. The number of rotatable bonds is 7. The van der Waals surface area contributed by atoms with Crippen LogP contribution < -0.4 is 0 Å². The Hall–Kier alpha value is -2.98. The van der Waals surface area contributed by atoms with Crippen molar-refractivity contribution in [2.75, 3.05) is 5.75 Å². The summed E-state index contributed by atoms with van der Waals surface area (Å²) in [5.41, 5.74) is 2.93. The molecule has 0 radical (unpaired) electrons. The SMILES string of the molecule is O=C(CSc1nc(CCc2ccccc2)nc2ccccc12)c1ccccc1. The summed E-state index contributed by atoms with van der Waals surface area (Å²) in [4.78, 5) is 22.0. The molecule has 1 heterocycles. The minimum atomic E-state index is 0.110. The lowest BCUT2D eigenvalue weighted by Crippen LogP contribution is -2.04. The number of carbonyl (C=O) groups is 1. The molecule has 0 bridgehead atoms. The van der Waals surface area contributed by atoms with Crippen LogP contribution in [-0.2, 0) is 12.8 Å². The summed E-state index contributed by atoms with van der Waals surface area (Å²) in [7, 11) is 0. The van der Waals surface area contributed by atoms with Crippen LogP contribution in [0.5, 0.6) is 0 Å². The van der Waals surface area contributed by atoms with Gasteiger partial charge in [-0.3, -0.25) is 4.79 Å². The van der Waals surface area contributed by atoms with E-state index in [0.717, 1.165) is 40.2 Å². The Kier molecular flexibility index (Phi) is 5.78. The number of thioether (sulfide) groups is 1. The highest BCUT2D eigenvalue weighted by atomic mass is 32.2. The molecule has 3 nitrogen and oxygen atoms in total. The number of para-hydroxylation sites is 1. The highest BCUT2D eigenvalue weighted by molar-refractivity contribution is 8.00. The standard InChI is InChI=1S/C24H20N2OS/c27-22(19-11-5-2-6-12-19)17-28-24-20-13-7-8-14-21(20)25-23(26-24)16-15-18-9-3-1-4-10-18/h1-14H,15-17H2. The van der Waals surface area contributed by atoms with Gasteiger partial charge in [-0.2, -0.15) is 0 Å². The number of fused-ring (bicyclic) bond motifs is 1. The molecule has 4 aromatic rings. The van der Waals surface area contributed by atoms with Crippen molar-refractivity contribution in [3.63, 3.8) is 0 Å². The first-order chi connectivity index (χ1) is 13.8. The molecule has 0 unspecified atom stereocenters. The van der Waals surface area contributed by atoms with Crippen LogP contribution in [0.15, 0.2) is 90.0 Å². The van der Waals surface area contributed by atoms with E-state index in [1.54, 1.807) is 0 Å². The molecule has 138 valence electrons. The van der Waals surface area contributed by atoms with Crippen LogP contribution in [0.25, 0.3) is 10.9 Å². The molecule has 0 aliphatic rings. The van der Waals surface area contributed by atoms with Gasteiger partial charge in [-0.25, -0.2) is 9.97 Å². The average molecular weight is 385 g/mol. The summed E-state index contributed by atoms with van der Waals surface area (Å²) in [6, 6.07) is 27.8. The summed E-state index contributed by atoms with van der Waals surface area (Å²) in [6.07, 6.45) is 1.67. The van der Waals surface area contributed by atoms with E-state index in [1.165, 1.54) is 17.3 Å². The predicted octanol–water partition coefficient (Wildman–Crippen LogP) is 5.39. The van der Waals surface area contributed by atoms with Crippen molar-refractivity contribution in [3.8, 4) is 0 Å². The topological polar surface area (TPSA) is 42.9 Å². The summed E-state index contributed by atoms with van der Waals surface area (Å²) in [5, 5.41) is 1.87. The number of aromatic nitrogens is 2. The Balaban J connectivity index is 1.55. The lowest BCUT2D eigenvalue weighted by Gasteiger charge is -2.08. The van der Waals surface area contributed by atoms with Crippen LogP contribution in [0.4, 0.5) is 0 Å². The maximum Gasteiger partial charge on any atom is 0.173 e. The average Bonchev–Trinajstić information content (AvgIpc) is 2.77. The number of ketones is 1. The number of aryl methyl sites for hydroxylation is 2. The second-order valence-electron chi connectivity index (χ2n) is 6.53. The van der Waals surface area contributed by atoms with E-state index < -0.39 is 0 Å². The van der Waals surface area contributed by atoms with E-state index >= 15 is 0 Å². The lowest BCUT2D eigenvalue weighted by molar-refractivity contribution is 0.102. The first-order valence-corrected chi connectivity index (χ1v) is 10.3. The first-order valence-electron chi connectivity index (χ1n) is 9.30. The van der Waals surface area contributed by atoms with Crippen molar-refractivity contribution in [2.24, 2.45) is 0 Å². The van der Waals surface area contributed by atoms with Gasteiger partial charge in [0, 0.05) is 17.4 Å². The fourth-order valence-electron chi connectivity index (χ4n) is 3.06. The summed E-state index contributed by atoms with van der Waals surface area (Å²) < 4.78 is 0. The zero-order valence-electron chi connectivity index (χ0n) is 15.4. The molecule has 4 heteroatoms. The van der Waals surface area contributed by atoms with E-state index in [0.29, 0.717) is 5.75 Å². The largest absolute Gasteiger partial charge is 0.293 e. The van der Waals surface area contributed by atoms with Crippen LogP contribution in [-0.4, -0.2) is 21.5 Å². The monoisotopic (exact) mass is 384 g/mol. The number of carbonyl (C=O) groups excluding carboxylic acids is 1. The zero-order valence-corrected chi connectivity index (χ0v) is 16.2. The van der Waals surface area contributed by atoms with Crippen molar-refractivity contribution in [1.29, 1.82) is 0 Å². The van der Waals surface area contributed by atoms with Crippen molar-refractivity contribution >= 4 is 28.4 Å². The van der Waals surface area contributed by atoms with Gasteiger partial charge in [0.15, 0.2) is 5.78 Å². The molecular formula is C24H20N2OS. The summed E-state index contributed by atoms with van der Waals surface area (Å²) in [6.45, 7) is 0. The Morgan fingerprint density at radius 3 is 2.21 bits per heavy atom. The van der Waals surface area contributed by atoms with Gasteiger partial charge in [-0.1, -0.05) is 90.6 Å². The maximum absolute atomic E-state index is 12.5. The van der Waals surface area contributed by atoms with E-state index in [2.05, 4.69) is 12.1 Å². The van der Waals surface area contributed by atoms with Gasteiger partial charge in [-0.05, 0) is 18.1 Å². The molecule has 0 aliphatic heterocycles. The third-order valence-corrected chi connectivity index (χ3v) is 5.52. The second-order valence-corrected chi connectivity index (χ2v) is 7.49. The van der Waals surface area contributed by atoms with Gasteiger partial charge >= 0.3 is 0 Å².